The van der Waals surface area contributed by atoms with Gasteiger partial charge in [0, 0.05) is 10.6 Å². The van der Waals surface area contributed by atoms with Crippen LogP contribution in [-0.2, 0) is 5.33 Å². The summed E-state index contributed by atoms with van der Waals surface area (Å²) in [6.07, 6.45) is 1.64. The van der Waals surface area contributed by atoms with Crippen molar-refractivity contribution in [2.75, 3.05) is 0 Å². The summed E-state index contributed by atoms with van der Waals surface area (Å²) in [5, 5.41) is 1.35. The standard InChI is InChI=1S/C10H7BrClNO/c11-5-10-13-9(6-14-10)7-1-3-8(12)4-2-7/h1-4,6H,5H2. The number of halogens is 2. The van der Waals surface area contributed by atoms with Crippen molar-refractivity contribution in [2.45, 2.75) is 5.33 Å². The molecular weight excluding hydrogens is 265 g/mol. The number of alkyl halides is 1. The average molecular weight is 273 g/mol. The average Bonchev–Trinajstić information content (AvgIpc) is 2.67. The Hall–Kier alpha value is -0.800. The third kappa shape index (κ3) is 1.99. The van der Waals surface area contributed by atoms with Crippen molar-refractivity contribution < 1.29 is 4.42 Å². The molecule has 2 rings (SSSR count). The molecule has 0 unspecified atom stereocenters. The third-order valence-corrected chi connectivity index (χ3v) is 2.54. The van der Waals surface area contributed by atoms with Gasteiger partial charge in [-0.15, -0.1) is 0 Å². The van der Waals surface area contributed by atoms with Gasteiger partial charge >= 0.3 is 0 Å². The van der Waals surface area contributed by atoms with Crippen LogP contribution in [0.2, 0.25) is 5.02 Å². The van der Waals surface area contributed by atoms with E-state index in [2.05, 4.69) is 20.9 Å². The first-order valence-corrected chi connectivity index (χ1v) is 5.56. The molecule has 0 aliphatic heterocycles. The zero-order chi connectivity index (χ0) is 9.97. The molecule has 4 heteroatoms. The molecule has 0 spiro atoms. The lowest BCUT2D eigenvalue weighted by Gasteiger charge is -1.94. The first kappa shape index (κ1) is 9.74. The third-order valence-electron chi connectivity index (χ3n) is 1.81. The molecule has 0 fully saturated rings. The van der Waals surface area contributed by atoms with Gasteiger partial charge < -0.3 is 4.42 Å². The van der Waals surface area contributed by atoms with Gasteiger partial charge in [0.05, 0.1) is 5.33 Å². The first-order chi connectivity index (χ1) is 6.79. The van der Waals surface area contributed by atoms with Crippen LogP contribution >= 0.6 is 27.5 Å². The van der Waals surface area contributed by atoms with Crippen LogP contribution in [-0.4, -0.2) is 4.98 Å². The molecule has 0 atom stereocenters. The molecule has 0 bridgehead atoms. The van der Waals surface area contributed by atoms with Crippen LogP contribution in [0.4, 0.5) is 0 Å². The van der Waals surface area contributed by atoms with Gasteiger partial charge in [-0.1, -0.05) is 39.7 Å². The number of hydrogen-bond acceptors (Lipinski definition) is 2. The van der Waals surface area contributed by atoms with Gasteiger partial charge in [-0.3, -0.25) is 0 Å². The van der Waals surface area contributed by atoms with Gasteiger partial charge in [-0.25, -0.2) is 4.98 Å². The minimum absolute atomic E-state index is 0.626. The van der Waals surface area contributed by atoms with E-state index in [-0.39, 0.29) is 0 Å². The van der Waals surface area contributed by atoms with E-state index < -0.39 is 0 Å². The summed E-state index contributed by atoms with van der Waals surface area (Å²) < 4.78 is 5.21. The maximum atomic E-state index is 5.78. The van der Waals surface area contributed by atoms with Crippen molar-refractivity contribution in [3.8, 4) is 11.3 Å². The van der Waals surface area contributed by atoms with Crippen molar-refractivity contribution in [2.24, 2.45) is 0 Å². The fraction of sp³-hybridized carbons (Fsp3) is 0.100. The smallest absolute Gasteiger partial charge is 0.205 e. The van der Waals surface area contributed by atoms with Crippen LogP contribution in [0.1, 0.15) is 5.89 Å². The second-order valence-corrected chi connectivity index (χ2v) is 3.76. The Kier molecular flexibility index (Phi) is 2.89. The second-order valence-electron chi connectivity index (χ2n) is 2.77. The van der Waals surface area contributed by atoms with Crippen LogP contribution in [0.25, 0.3) is 11.3 Å². The Morgan fingerprint density at radius 1 is 1.29 bits per heavy atom. The maximum absolute atomic E-state index is 5.78. The summed E-state index contributed by atoms with van der Waals surface area (Å²) in [6.45, 7) is 0. The van der Waals surface area contributed by atoms with Gasteiger partial charge in [0.25, 0.3) is 0 Å². The Morgan fingerprint density at radius 3 is 2.57 bits per heavy atom. The molecule has 14 heavy (non-hydrogen) atoms. The summed E-state index contributed by atoms with van der Waals surface area (Å²) in [7, 11) is 0. The van der Waals surface area contributed by atoms with Crippen LogP contribution in [0.15, 0.2) is 34.9 Å². The second kappa shape index (κ2) is 4.15. The maximum Gasteiger partial charge on any atom is 0.205 e. The molecule has 0 amide bonds. The summed E-state index contributed by atoms with van der Waals surface area (Å²) in [5.41, 5.74) is 1.83. The van der Waals surface area contributed by atoms with E-state index in [0.717, 1.165) is 16.3 Å². The fourth-order valence-corrected chi connectivity index (χ4v) is 1.51. The number of oxazole rings is 1. The SMILES string of the molecule is Clc1ccc(-c2coc(CBr)n2)cc1. The molecule has 72 valence electrons. The first-order valence-electron chi connectivity index (χ1n) is 4.06. The zero-order valence-electron chi connectivity index (χ0n) is 7.21. The highest BCUT2D eigenvalue weighted by Crippen LogP contribution is 2.21. The lowest BCUT2D eigenvalue weighted by molar-refractivity contribution is 0.518. The van der Waals surface area contributed by atoms with Gasteiger partial charge in [0.1, 0.15) is 12.0 Å². The quantitative estimate of drug-likeness (QED) is 0.775. The normalized spacial score (nSPS) is 10.4. The van der Waals surface area contributed by atoms with Gasteiger partial charge in [-0.05, 0) is 12.1 Å². The fourth-order valence-electron chi connectivity index (χ4n) is 1.13. The predicted octanol–water partition coefficient (Wildman–Crippen LogP) is 3.89. The van der Waals surface area contributed by atoms with E-state index >= 15 is 0 Å². The van der Waals surface area contributed by atoms with E-state index in [0.29, 0.717) is 11.2 Å². The van der Waals surface area contributed by atoms with Crippen LogP contribution in [0, 0.1) is 0 Å². The predicted molar refractivity (Wildman–Crippen MR) is 59.6 cm³/mol. The Bertz CT molecular complexity index is 424. The van der Waals surface area contributed by atoms with Crippen molar-refractivity contribution in [3.63, 3.8) is 0 Å². The Morgan fingerprint density at radius 2 is 2.00 bits per heavy atom. The molecule has 0 saturated heterocycles. The van der Waals surface area contributed by atoms with Crippen LogP contribution in [0.3, 0.4) is 0 Å². The number of rotatable bonds is 2. The molecule has 1 aromatic heterocycles. The molecule has 0 saturated carbocycles. The topological polar surface area (TPSA) is 26.0 Å². The summed E-state index contributed by atoms with van der Waals surface area (Å²) >= 11 is 9.06. The van der Waals surface area contributed by atoms with E-state index in [1.807, 2.05) is 24.3 Å². The number of hydrogen-bond donors (Lipinski definition) is 0. The largest absolute Gasteiger partial charge is 0.447 e. The van der Waals surface area contributed by atoms with Crippen molar-refractivity contribution in [3.05, 3.63) is 41.4 Å². The number of nitrogens with zero attached hydrogens (tertiary/aromatic N) is 1. The van der Waals surface area contributed by atoms with Gasteiger partial charge in [0.15, 0.2) is 0 Å². The number of aromatic nitrogens is 1. The van der Waals surface area contributed by atoms with Gasteiger partial charge in [0.2, 0.25) is 5.89 Å². The number of benzene rings is 1. The highest BCUT2D eigenvalue weighted by atomic mass is 79.9. The Balaban J connectivity index is 2.34. The molecule has 1 aromatic carbocycles. The van der Waals surface area contributed by atoms with Crippen molar-refractivity contribution >= 4 is 27.5 Å². The molecule has 2 nitrogen and oxygen atoms in total. The molecular formula is C10H7BrClNO. The van der Waals surface area contributed by atoms with E-state index in [9.17, 15) is 0 Å². The van der Waals surface area contributed by atoms with Crippen molar-refractivity contribution in [1.82, 2.24) is 4.98 Å². The summed E-state index contributed by atoms with van der Waals surface area (Å²) in [5.74, 6) is 0.676. The van der Waals surface area contributed by atoms with Crippen LogP contribution in [0.5, 0.6) is 0 Å². The molecule has 2 aromatic rings. The lowest BCUT2D eigenvalue weighted by atomic mass is 10.2. The molecule has 1 heterocycles. The molecule has 0 N–H and O–H groups in total. The lowest BCUT2D eigenvalue weighted by Crippen LogP contribution is -1.79. The van der Waals surface area contributed by atoms with Crippen LogP contribution < -0.4 is 0 Å². The Labute approximate surface area is 95.0 Å². The molecule has 0 aliphatic rings. The van der Waals surface area contributed by atoms with Gasteiger partial charge in [-0.2, -0.15) is 0 Å². The minimum Gasteiger partial charge on any atom is -0.447 e. The summed E-state index contributed by atoms with van der Waals surface area (Å²) in [6, 6.07) is 7.50. The van der Waals surface area contributed by atoms with E-state index in [1.165, 1.54) is 0 Å². The van der Waals surface area contributed by atoms with E-state index in [4.69, 9.17) is 16.0 Å². The monoisotopic (exact) mass is 271 g/mol. The zero-order valence-corrected chi connectivity index (χ0v) is 9.55. The van der Waals surface area contributed by atoms with E-state index in [1.54, 1.807) is 6.26 Å². The highest BCUT2D eigenvalue weighted by Gasteiger charge is 2.04. The minimum atomic E-state index is 0.626. The molecule has 0 aliphatic carbocycles. The highest BCUT2D eigenvalue weighted by molar-refractivity contribution is 9.08. The summed E-state index contributed by atoms with van der Waals surface area (Å²) in [4.78, 5) is 4.27. The van der Waals surface area contributed by atoms with Crippen molar-refractivity contribution in [1.29, 1.82) is 0 Å². The molecule has 0 radical (unpaired) electrons.